The minimum atomic E-state index is -3.43. The van der Waals surface area contributed by atoms with Crippen LogP contribution in [0.1, 0.15) is 42.1 Å². The van der Waals surface area contributed by atoms with E-state index in [-0.39, 0.29) is 10.5 Å². The molecule has 0 spiro atoms. The minimum absolute atomic E-state index is 0.0499. The first-order chi connectivity index (χ1) is 10.7. The van der Waals surface area contributed by atoms with Crippen molar-refractivity contribution in [1.82, 2.24) is 5.32 Å². The summed E-state index contributed by atoms with van der Waals surface area (Å²) in [6.45, 7) is 1.85. The minimum Gasteiger partial charge on any atom is -0.480 e. The number of carbonyl (C=O) groups is 2. The van der Waals surface area contributed by atoms with Crippen LogP contribution in [0.2, 0.25) is 0 Å². The van der Waals surface area contributed by atoms with E-state index in [1.165, 1.54) is 12.1 Å². The summed E-state index contributed by atoms with van der Waals surface area (Å²) in [6, 6.07) is 3.44. The standard InChI is InChI=1S/C16H21NO5S/c1-3-11-6-7-12(23(2,21)22)9-13(11)15(18)17-14(16(19)20)8-10-4-5-10/h6-7,9-10,14H,3-5,8H2,1-2H3,(H,17,18)(H,19,20). The van der Waals surface area contributed by atoms with Crippen LogP contribution in [0.25, 0.3) is 0 Å². The zero-order chi connectivity index (χ0) is 17.2. The lowest BCUT2D eigenvalue weighted by molar-refractivity contribution is -0.139. The van der Waals surface area contributed by atoms with Gasteiger partial charge in [-0.05, 0) is 36.5 Å². The first-order valence-electron chi connectivity index (χ1n) is 7.59. The van der Waals surface area contributed by atoms with E-state index in [1.54, 1.807) is 6.07 Å². The number of amides is 1. The number of hydrogen-bond donors (Lipinski definition) is 2. The highest BCUT2D eigenvalue weighted by Gasteiger charge is 2.30. The number of aryl methyl sites for hydroxylation is 1. The van der Waals surface area contributed by atoms with Crippen molar-refractivity contribution in [1.29, 1.82) is 0 Å². The van der Waals surface area contributed by atoms with Crippen molar-refractivity contribution in [2.24, 2.45) is 5.92 Å². The van der Waals surface area contributed by atoms with Crippen LogP contribution < -0.4 is 5.32 Å². The van der Waals surface area contributed by atoms with E-state index < -0.39 is 27.8 Å². The monoisotopic (exact) mass is 339 g/mol. The maximum atomic E-state index is 12.5. The number of hydrogen-bond acceptors (Lipinski definition) is 4. The molecular weight excluding hydrogens is 318 g/mol. The van der Waals surface area contributed by atoms with E-state index in [2.05, 4.69) is 5.32 Å². The smallest absolute Gasteiger partial charge is 0.326 e. The third-order valence-corrected chi connectivity index (χ3v) is 5.11. The first-order valence-corrected chi connectivity index (χ1v) is 9.48. The molecule has 23 heavy (non-hydrogen) atoms. The molecule has 6 nitrogen and oxygen atoms in total. The number of carbonyl (C=O) groups excluding carboxylic acids is 1. The predicted octanol–water partition coefficient (Wildman–Crippen LogP) is 1.64. The SMILES string of the molecule is CCc1ccc(S(C)(=O)=O)cc1C(=O)NC(CC1CC1)C(=O)O. The van der Waals surface area contributed by atoms with Crippen molar-refractivity contribution in [3.8, 4) is 0 Å². The number of rotatable bonds is 7. The maximum Gasteiger partial charge on any atom is 0.326 e. The number of carboxylic acid groups (broad SMARTS) is 1. The third kappa shape index (κ3) is 4.54. The molecule has 1 aliphatic rings. The Morgan fingerprint density at radius 3 is 2.48 bits per heavy atom. The molecule has 7 heteroatoms. The van der Waals surface area contributed by atoms with E-state index in [9.17, 15) is 23.1 Å². The average molecular weight is 339 g/mol. The number of carboxylic acids is 1. The van der Waals surface area contributed by atoms with Gasteiger partial charge < -0.3 is 10.4 Å². The van der Waals surface area contributed by atoms with E-state index in [0.29, 0.717) is 24.3 Å². The van der Waals surface area contributed by atoms with Crippen molar-refractivity contribution in [2.45, 2.75) is 43.5 Å². The van der Waals surface area contributed by atoms with Crippen molar-refractivity contribution in [2.75, 3.05) is 6.26 Å². The highest BCUT2D eigenvalue weighted by molar-refractivity contribution is 7.90. The summed E-state index contributed by atoms with van der Waals surface area (Å²) in [6.07, 6.45) is 4.01. The quantitative estimate of drug-likeness (QED) is 0.786. The van der Waals surface area contributed by atoms with Crippen LogP contribution in [0.5, 0.6) is 0 Å². The van der Waals surface area contributed by atoms with Gasteiger partial charge in [0.2, 0.25) is 0 Å². The number of benzene rings is 1. The zero-order valence-corrected chi connectivity index (χ0v) is 14.0. The summed E-state index contributed by atoms with van der Waals surface area (Å²) in [5, 5.41) is 11.8. The van der Waals surface area contributed by atoms with Crippen molar-refractivity contribution < 1.29 is 23.1 Å². The van der Waals surface area contributed by atoms with Gasteiger partial charge >= 0.3 is 5.97 Å². The van der Waals surface area contributed by atoms with Gasteiger partial charge in [-0.3, -0.25) is 4.79 Å². The molecule has 126 valence electrons. The van der Waals surface area contributed by atoms with E-state index in [0.717, 1.165) is 19.1 Å². The average Bonchev–Trinajstić information content (AvgIpc) is 3.28. The van der Waals surface area contributed by atoms with E-state index in [1.807, 2.05) is 6.92 Å². The van der Waals surface area contributed by atoms with Gasteiger partial charge in [0, 0.05) is 11.8 Å². The fourth-order valence-electron chi connectivity index (χ4n) is 2.45. The Morgan fingerprint density at radius 1 is 1.35 bits per heavy atom. The second kappa shape index (κ2) is 6.70. The van der Waals surface area contributed by atoms with Crippen molar-refractivity contribution in [3.05, 3.63) is 29.3 Å². The summed E-state index contributed by atoms with van der Waals surface area (Å²) in [5.74, 6) is -1.26. The van der Waals surface area contributed by atoms with Gasteiger partial charge in [0.25, 0.3) is 5.91 Å². The van der Waals surface area contributed by atoms with Gasteiger partial charge in [0.05, 0.1) is 4.90 Å². The van der Waals surface area contributed by atoms with E-state index in [4.69, 9.17) is 0 Å². The lowest BCUT2D eigenvalue weighted by Crippen LogP contribution is -2.41. The molecule has 1 amide bonds. The molecule has 1 aliphatic carbocycles. The van der Waals surface area contributed by atoms with Gasteiger partial charge in [-0.15, -0.1) is 0 Å². The molecule has 0 aromatic heterocycles. The van der Waals surface area contributed by atoms with Gasteiger partial charge in [-0.25, -0.2) is 13.2 Å². The highest BCUT2D eigenvalue weighted by Crippen LogP contribution is 2.33. The lowest BCUT2D eigenvalue weighted by atomic mass is 10.0. The van der Waals surface area contributed by atoms with Gasteiger partial charge in [-0.2, -0.15) is 0 Å². The first kappa shape index (κ1) is 17.5. The topological polar surface area (TPSA) is 101 Å². The van der Waals surface area contributed by atoms with Crippen LogP contribution in [-0.2, 0) is 21.1 Å². The molecule has 1 saturated carbocycles. The summed E-state index contributed by atoms with van der Waals surface area (Å²) in [5.41, 5.74) is 0.905. The molecule has 0 heterocycles. The van der Waals surface area contributed by atoms with Gasteiger partial charge in [-0.1, -0.05) is 25.8 Å². The summed E-state index contributed by atoms with van der Waals surface area (Å²) >= 11 is 0. The fraction of sp³-hybridized carbons (Fsp3) is 0.500. The molecule has 0 aliphatic heterocycles. The lowest BCUT2D eigenvalue weighted by Gasteiger charge is -2.16. The molecule has 1 fully saturated rings. The Bertz CT molecular complexity index is 722. The van der Waals surface area contributed by atoms with Crippen LogP contribution in [0.15, 0.2) is 23.1 Å². The normalized spacial score (nSPS) is 15.9. The molecule has 0 bridgehead atoms. The fourth-order valence-corrected chi connectivity index (χ4v) is 3.10. The molecular formula is C16H21NO5S. The molecule has 0 radical (unpaired) electrons. The van der Waals surface area contributed by atoms with Crippen LogP contribution >= 0.6 is 0 Å². The molecule has 1 atom stereocenters. The Hall–Kier alpha value is -1.89. The Morgan fingerprint density at radius 2 is 2.00 bits per heavy atom. The molecule has 1 unspecified atom stereocenters. The summed E-state index contributed by atoms with van der Waals surface area (Å²) < 4.78 is 23.3. The second-order valence-corrected chi connectivity index (χ2v) is 8.00. The Labute approximate surface area is 135 Å². The van der Waals surface area contributed by atoms with Crippen molar-refractivity contribution >= 4 is 21.7 Å². The largest absolute Gasteiger partial charge is 0.480 e. The predicted molar refractivity (Wildman–Crippen MR) is 85.2 cm³/mol. The maximum absolute atomic E-state index is 12.5. The van der Waals surface area contributed by atoms with E-state index >= 15 is 0 Å². The zero-order valence-electron chi connectivity index (χ0n) is 13.2. The molecule has 1 aromatic carbocycles. The van der Waals surface area contributed by atoms with Crippen LogP contribution in [0, 0.1) is 5.92 Å². The van der Waals surface area contributed by atoms with Gasteiger partial charge in [0.1, 0.15) is 6.04 Å². The number of sulfone groups is 1. The van der Waals surface area contributed by atoms with Crippen LogP contribution in [-0.4, -0.2) is 37.7 Å². The molecule has 2 N–H and O–H groups in total. The summed E-state index contributed by atoms with van der Waals surface area (Å²) in [4.78, 5) is 23.8. The number of nitrogens with one attached hydrogen (secondary N) is 1. The highest BCUT2D eigenvalue weighted by atomic mass is 32.2. The molecule has 1 aromatic rings. The summed E-state index contributed by atoms with van der Waals surface area (Å²) in [7, 11) is -3.43. The Kier molecular flexibility index (Phi) is 5.09. The molecule has 0 saturated heterocycles. The van der Waals surface area contributed by atoms with Crippen LogP contribution in [0.4, 0.5) is 0 Å². The number of aliphatic carboxylic acids is 1. The second-order valence-electron chi connectivity index (χ2n) is 5.99. The third-order valence-electron chi connectivity index (χ3n) is 4.00. The Balaban J connectivity index is 2.27. The van der Waals surface area contributed by atoms with Crippen LogP contribution in [0.3, 0.4) is 0 Å². The molecule has 2 rings (SSSR count). The van der Waals surface area contributed by atoms with Gasteiger partial charge in [0.15, 0.2) is 9.84 Å². The van der Waals surface area contributed by atoms with Crippen molar-refractivity contribution in [3.63, 3.8) is 0 Å².